The number of hydrogen-bond donors (Lipinski definition) is 2. The lowest BCUT2D eigenvalue weighted by Crippen LogP contribution is -2.42. The van der Waals surface area contributed by atoms with Crippen LogP contribution >= 0.6 is 15.9 Å². The van der Waals surface area contributed by atoms with Crippen molar-refractivity contribution < 1.29 is 18.8 Å². The minimum absolute atomic E-state index is 0.0868. The predicted octanol–water partition coefficient (Wildman–Crippen LogP) is 4.44. The molecule has 0 unspecified atom stereocenters. The first-order valence-electron chi connectivity index (χ1n) is 8.99. The Morgan fingerprint density at radius 2 is 1.77 bits per heavy atom. The van der Waals surface area contributed by atoms with Gasteiger partial charge in [-0.1, -0.05) is 28.1 Å². The summed E-state index contributed by atoms with van der Waals surface area (Å²) >= 11 is 3.21. The lowest BCUT2D eigenvalue weighted by Gasteiger charge is -2.29. The van der Waals surface area contributed by atoms with E-state index in [4.69, 9.17) is 0 Å². The van der Waals surface area contributed by atoms with Gasteiger partial charge in [-0.15, -0.1) is 0 Å². The fourth-order valence-corrected chi connectivity index (χ4v) is 3.50. The lowest BCUT2D eigenvalue weighted by atomic mass is 10.1. The van der Waals surface area contributed by atoms with Crippen molar-refractivity contribution in [3.63, 3.8) is 0 Å². The van der Waals surface area contributed by atoms with Gasteiger partial charge >= 0.3 is 0 Å². The Morgan fingerprint density at radius 3 is 2.53 bits per heavy atom. The van der Waals surface area contributed by atoms with Crippen LogP contribution in [0.4, 0.5) is 21.5 Å². The highest BCUT2D eigenvalue weighted by molar-refractivity contribution is 9.10. The van der Waals surface area contributed by atoms with E-state index in [1.807, 2.05) is 0 Å². The van der Waals surface area contributed by atoms with Crippen molar-refractivity contribution in [2.75, 3.05) is 22.1 Å². The Bertz CT molecular complexity index is 1160. The number of nitrogens with one attached hydrogen (secondary N) is 2. The molecular weight excluding hydrogens is 453 g/mol. The van der Waals surface area contributed by atoms with Gasteiger partial charge in [0.2, 0.25) is 5.91 Å². The molecule has 0 aliphatic carbocycles. The quantitative estimate of drug-likeness (QED) is 0.597. The third-order valence-electron chi connectivity index (χ3n) is 4.58. The second kappa shape index (κ2) is 8.08. The van der Waals surface area contributed by atoms with E-state index in [9.17, 15) is 18.8 Å². The van der Waals surface area contributed by atoms with E-state index in [2.05, 4.69) is 26.6 Å². The molecule has 0 saturated heterocycles. The average molecular weight is 468 g/mol. The number of benzene rings is 3. The summed E-state index contributed by atoms with van der Waals surface area (Å²) in [6, 6.07) is 17.3. The number of fused-ring (bicyclic) bond motifs is 1. The first-order chi connectivity index (χ1) is 14.4. The van der Waals surface area contributed by atoms with Gasteiger partial charge in [0.05, 0.1) is 16.9 Å². The van der Waals surface area contributed by atoms with Gasteiger partial charge in [-0.2, -0.15) is 0 Å². The molecule has 0 saturated carbocycles. The number of carbonyl (C=O) groups excluding carboxylic acids is 3. The maximum atomic E-state index is 13.9. The molecule has 1 aliphatic rings. The summed E-state index contributed by atoms with van der Waals surface area (Å²) in [6.07, 6.45) is 0. The number of halogens is 2. The molecule has 6 nitrogen and oxygen atoms in total. The van der Waals surface area contributed by atoms with Gasteiger partial charge in [-0.05, 0) is 54.6 Å². The SMILES string of the molecule is O=C1CN(C(=O)c2ccc(NC(=O)c3cc(Br)ccc3F)cc2)c2ccccc2N1. The highest BCUT2D eigenvalue weighted by Crippen LogP contribution is 2.30. The van der Waals surface area contributed by atoms with Gasteiger partial charge in [-0.3, -0.25) is 19.3 Å². The van der Waals surface area contributed by atoms with Gasteiger partial charge in [0.15, 0.2) is 0 Å². The van der Waals surface area contributed by atoms with Crippen LogP contribution in [0.5, 0.6) is 0 Å². The smallest absolute Gasteiger partial charge is 0.258 e. The van der Waals surface area contributed by atoms with Crippen LogP contribution in [0.25, 0.3) is 0 Å². The highest BCUT2D eigenvalue weighted by atomic mass is 79.9. The van der Waals surface area contributed by atoms with Crippen LogP contribution in [0.1, 0.15) is 20.7 Å². The van der Waals surface area contributed by atoms with Gasteiger partial charge in [-0.25, -0.2) is 4.39 Å². The minimum Gasteiger partial charge on any atom is -0.323 e. The molecule has 8 heteroatoms. The fourth-order valence-electron chi connectivity index (χ4n) is 3.14. The van der Waals surface area contributed by atoms with Gasteiger partial charge in [0.1, 0.15) is 12.4 Å². The molecule has 2 N–H and O–H groups in total. The van der Waals surface area contributed by atoms with E-state index in [0.717, 1.165) is 0 Å². The Kier molecular flexibility index (Phi) is 5.33. The van der Waals surface area contributed by atoms with Crippen LogP contribution < -0.4 is 15.5 Å². The summed E-state index contributed by atoms with van der Waals surface area (Å²) in [4.78, 5) is 38.6. The zero-order valence-electron chi connectivity index (χ0n) is 15.5. The Hall–Kier alpha value is -3.52. The molecule has 3 amide bonds. The van der Waals surface area contributed by atoms with Crippen LogP contribution in [-0.2, 0) is 4.79 Å². The molecule has 3 aromatic carbocycles. The maximum Gasteiger partial charge on any atom is 0.258 e. The van der Waals surface area contributed by atoms with Crippen LogP contribution in [0.15, 0.2) is 71.2 Å². The van der Waals surface area contributed by atoms with Gasteiger partial charge < -0.3 is 10.6 Å². The van der Waals surface area contributed by atoms with Crippen LogP contribution in [0, 0.1) is 5.82 Å². The van der Waals surface area contributed by atoms with Crippen molar-refractivity contribution in [2.24, 2.45) is 0 Å². The fraction of sp³-hybridized carbons (Fsp3) is 0.0455. The summed E-state index contributed by atoms with van der Waals surface area (Å²) < 4.78 is 14.5. The largest absolute Gasteiger partial charge is 0.323 e. The summed E-state index contributed by atoms with van der Waals surface area (Å²) in [7, 11) is 0. The zero-order chi connectivity index (χ0) is 21.3. The van der Waals surface area contributed by atoms with Gasteiger partial charge in [0, 0.05) is 15.7 Å². The molecule has 0 fully saturated rings. The van der Waals surface area contributed by atoms with E-state index in [0.29, 0.717) is 27.1 Å². The number of anilines is 3. The predicted molar refractivity (Wildman–Crippen MR) is 115 cm³/mol. The van der Waals surface area contributed by atoms with Gasteiger partial charge in [0.25, 0.3) is 11.8 Å². The standard InChI is InChI=1S/C22H15BrFN3O3/c23-14-7-10-17(24)16(11-14)21(29)25-15-8-5-13(6-9-15)22(30)27-12-20(28)26-18-3-1-2-4-19(18)27/h1-11H,12H2,(H,25,29)(H,26,28). The number of para-hydroxylation sites is 2. The normalized spacial score (nSPS) is 12.7. The van der Waals surface area contributed by atoms with Crippen molar-refractivity contribution in [1.82, 2.24) is 0 Å². The molecule has 30 heavy (non-hydrogen) atoms. The van der Waals surface area contributed by atoms with Crippen LogP contribution in [-0.4, -0.2) is 24.3 Å². The molecule has 0 radical (unpaired) electrons. The molecule has 1 heterocycles. The number of rotatable bonds is 3. The van der Waals surface area contributed by atoms with E-state index in [1.54, 1.807) is 48.5 Å². The van der Waals surface area contributed by atoms with Crippen LogP contribution in [0.3, 0.4) is 0 Å². The Labute approximate surface area is 179 Å². The summed E-state index contributed by atoms with van der Waals surface area (Å²) in [6.45, 7) is -0.0868. The second-order valence-corrected chi connectivity index (χ2v) is 7.53. The number of amides is 3. The molecule has 1 aliphatic heterocycles. The minimum atomic E-state index is -0.635. The zero-order valence-corrected chi connectivity index (χ0v) is 17.1. The third kappa shape index (κ3) is 3.95. The molecule has 0 atom stereocenters. The van der Waals surface area contributed by atoms with Crippen molar-refractivity contribution >= 4 is 50.7 Å². The highest BCUT2D eigenvalue weighted by Gasteiger charge is 2.27. The van der Waals surface area contributed by atoms with Crippen LogP contribution in [0.2, 0.25) is 0 Å². The van der Waals surface area contributed by atoms with E-state index in [-0.39, 0.29) is 23.9 Å². The Morgan fingerprint density at radius 1 is 1.03 bits per heavy atom. The molecule has 0 aromatic heterocycles. The molecular formula is C22H15BrFN3O3. The topological polar surface area (TPSA) is 78.5 Å². The monoisotopic (exact) mass is 467 g/mol. The second-order valence-electron chi connectivity index (χ2n) is 6.61. The summed E-state index contributed by atoms with van der Waals surface area (Å²) in [5.41, 5.74) is 1.85. The third-order valence-corrected chi connectivity index (χ3v) is 5.07. The first-order valence-corrected chi connectivity index (χ1v) is 9.79. The number of carbonyl (C=O) groups is 3. The van der Waals surface area contributed by atoms with Crippen molar-refractivity contribution in [3.8, 4) is 0 Å². The summed E-state index contributed by atoms with van der Waals surface area (Å²) in [5, 5.41) is 5.34. The van der Waals surface area contributed by atoms with Crippen molar-refractivity contribution in [1.29, 1.82) is 0 Å². The maximum absolute atomic E-state index is 13.9. The summed E-state index contributed by atoms with van der Waals surface area (Å²) in [5.74, 6) is -1.85. The number of hydrogen-bond acceptors (Lipinski definition) is 3. The molecule has 150 valence electrons. The van der Waals surface area contributed by atoms with Crippen molar-refractivity contribution in [3.05, 3.63) is 88.1 Å². The van der Waals surface area contributed by atoms with E-state index < -0.39 is 11.7 Å². The molecule has 0 spiro atoms. The first kappa shape index (κ1) is 19.8. The van der Waals surface area contributed by atoms with Crippen molar-refractivity contribution in [2.45, 2.75) is 0 Å². The van der Waals surface area contributed by atoms with E-state index >= 15 is 0 Å². The molecule has 0 bridgehead atoms. The number of nitrogens with zero attached hydrogens (tertiary/aromatic N) is 1. The molecule has 3 aromatic rings. The Balaban J connectivity index is 1.53. The lowest BCUT2D eigenvalue weighted by molar-refractivity contribution is -0.115. The average Bonchev–Trinajstić information content (AvgIpc) is 2.74. The molecule has 4 rings (SSSR count). The van der Waals surface area contributed by atoms with E-state index in [1.165, 1.54) is 23.1 Å².